The zero-order chi connectivity index (χ0) is 16.0. The van der Waals surface area contributed by atoms with E-state index in [2.05, 4.69) is 26.8 Å². The Balaban J connectivity index is 1.75. The summed E-state index contributed by atoms with van der Waals surface area (Å²) in [6.07, 6.45) is 0.828. The number of nitrogens with zero attached hydrogens (tertiary/aromatic N) is 3. The van der Waals surface area contributed by atoms with Gasteiger partial charge in [0.25, 0.3) is 0 Å². The first-order chi connectivity index (χ1) is 11.1. The quantitative estimate of drug-likeness (QED) is 0.707. The average molecular weight is 366 g/mol. The molecule has 118 valence electrons. The third kappa shape index (κ3) is 2.67. The number of halogens is 2. The second-order valence-corrected chi connectivity index (χ2v) is 7.17. The molecular formula is C15H13Cl2N5S. The zero-order valence-electron chi connectivity index (χ0n) is 11.9. The summed E-state index contributed by atoms with van der Waals surface area (Å²) in [4.78, 5) is 5.52. The van der Waals surface area contributed by atoms with Crippen LogP contribution >= 0.6 is 34.5 Å². The maximum Gasteiger partial charge on any atom is 0.241 e. The number of hydrogen-bond acceptors (Lipinski definition) is 5. The van der Waals surface area contributed by atoms with Gasteiger partial charge in [-0.2, -0.15) is 4.98 Å². The Morgan fingerprint density at radius 1 is 1.26 bits per heavy atom. The molecule has 0 saturated heterocycles. The van der Waals surface area contributed by atoms with Crippen LogP contribution in [0.25, 0.3) is 0 Å². The van der Waals surface area contributed by atoms with Crippen LogP contribution in [0.2, 0.25) is 10.0 Å². The van der Waals surface area contributed by atoms with Crippen molar-refractivity contribution >= 4 is 46.4 Å². The molecule has 3 N–H and O–H groups in total. The van der Waals surface area contributed by atoms with Crippen LogP contribution in [0.4, 0.5) is 11.9 Å². The number of nitrogens with one attached hydrogen (secondary N) is 1. The van der Waals surface area contributed by atoms with Crippen LogP contribution in [0.1, 0.15) is 28.9 Å². The predicted octanol–water partition coefficient (Wildman–Crippen LogP) is 4.37. The summed E-state index contributed by atoms with van der Waals surface area (Å²) in [5.41, 5.74) is 6.85. The highest BCUT2D eigenvalue weighted by atomic mass is 35.5. The summed E-state index contributed by atoms with van der Waals surface area (Å²) < 4.78 is 1.86. The van der Waals surface area contributed by atoms with Gasteiger partial charge in [0.15, 0.2) is 0 Å². The number of aromatic nitrogens is 3. The minimum Gasteiger partial charge on any atom is -0.366 e. The fraction of sp³-hybridized carbons (Fsp3) is 0.200. The number of rotatable bonds is 2. The Morgan fingerprint density at radius 2 is 2.13 bits per heavy atom. The van der Waals surface area contributed by atoms with Crippen molar-refractivity contribution in [1.82, 2.24) is 14.8 Å². The third-order valence-corrected chi connectivity index (χ3v) is 5.64. The molecule has 1 aliphatic heterocycles. The number of nitrogen functional groups attached to an aromatic ring is 1. The lowest BCUT2D eigenvalue weighted by Crippen LogP contribution is -2.27. The van der Waals surface area contributed by atoms with Crippen molar-refractivity contribution in [2.75, 3.05) is 11.1 Å². The van der Waals surface area contributed by atoms with E-state index in [1.807, 2.05) is 28.9 Å². The molecule has 0 radical (unpaired) electrons. The van der Waals surface area contributed by atoms with Gasteiger partial charge in [0.1, 0.15) is 0 Å². The van der Waals surface area contributed by atoms with Gasteiger partial charge in [0.05, 0.1) is 22.1 Å². The first-order valence-corrected chi connectivity index (χ1v) is 8.72. The summed E-state index contributed by atoms with van der Waals surface area (Å²) in [5, 5.41) is 10.9. The van der Waals surface area contributed by atoms with Gasteiger partial charge in [-0.15, -0.1) is 16.4 Å². The molecule has 4 rings (SSSR count). The summed E-state index contributed by atoms with van der Waals surface area (Å²) in [6.45, 7) is 0. The highest BCUT2D eigenvalue weighted by Gasteiger charge is 2.31. The number of anilines is 2. The van der Waals surface area contributed by atoms with E-state index in [-0.39, 0.29) is 18.0 Å². The van der Waals surface area contributed by atoms with Crippen molar-refractivity contribution < 1.29 is 0 Å². The predicted molar refractivity (Wildman–Crippen MR) is 94.3 cm³/mol. The molecule has 23 heavy (non-hydrogen) atoms. The van der Waals surface area contributed by atoms with E-state index in [0.29, 0.717) is 16.0 Å². The summed E-state index contributed by atoms with van der Waals surface area (Å²) in [5.74, 6) is 0.937. The summed E-state index contributed by atoms with van der Waals surface area (Å²) >= 11 is 13.9. The monoisotopic (exact) mass is 365 g/mol. The smallest absolute Gasteiger partial charge is 0.241 e. The zero-order valence-corrected chi connectivity index (χ0v) is 14.2. The van der Waals surface area contributed by atoms with Crippen LogP contribution in [0.5, 0.6) is 0 Å². The van der Waals surface area contributed by atoms with Gasteiger partial charge >= 0.3 is 0 Å². The normalized spacial score (nSPS) is 20.1. The molecule has 2 atom stereocenters. The SMILES string of the molecule is Nc1nc2n(n1)C(c1cccs1)CC(c1ccc(Cl)c(Cl)c1)N2. The molecule has 0 saturated carbocycles. The topological polar surface area (TPSA) is 68.8 Å². The van der Waals surface area contributed by atoms with Gasteiger partial charge in [-0.25, -0.2) is 4.68 Å². The molecular weight excluding hydrogens is 353 g/mol. The van der Waals surface area contributed by atoms with Crippen LogP contribution in [-0.2, 0) is 0 Å². The molecule has 3 heterocycles. The Hall–Kier alpha value is -1.76. The third-order valence-electron chi connectivity index (χ3n) is 3.92. The van der Waals surface area contributed by atoms with Crippen LogP contribution in [0.3, 0.4) is 0 Å². The summed E-state index contributed by atoms with van der Waals surface area (Å²) in [6, 6.07) is 9.98. The molecule has 2 aromatic heterocycles. The fourth-order valence-electron chi connectivity index (χ4n) is 2.86. The molecule has 1 aliphatic rings. The molecule has 8 heteroatoms. The largest absolute Gasteiger partial charge is 0.366 e. The van der Waals surface area contributed by atoms with E-state index in [9.17, 15) is 0 Å². The van der Waals surface area contributed by atoms with Crippen LogP contribution < -0.4 is 11.1 Å². The van der Waals surface area contributed by atoms with Crippen LogP contribution in [0, 0.1) is 0 Å². The molecule has 0 fully saturated rings. The maximum atomic E-state index is 6.16. The lowest BCUT2D eigenvalue weighted by Gasteiger charge is -2.31. The van der Waals surface area contributed by atoms with E-state index in [1.54, 1.807) is 11.3 Å². The van der Waals surface area contributed by atoms with Crippen molar-refractivity contribution in [2.45, 2.75) is 18.5 Å². The maximum absolute atomic E-state index is 6.16. The van der Waals surface area contributed by atoms with E-state index >= 15 is 0 Å². The van der Waals surface area contributed by atoms with E-state index < -0.39 is 0 Å². The number of benzene rings is 1. The molecule has 1 aromatic carbocycles. The van der Waals surface area contributed by atoms with Crippen molar-refractivity contribution in [3.63, 3.8) is 0 Å². The Morgan fingerprint density at radius 3 is 2.87 bits per heavy atom. The number of fused-ring (bicyclic) bond motifs is 1. The number of nitrogens with two attached hydrogens (primary N) is 1. The number of hydrogen-bond donors (Lipinski definition) is 2. The van der Waals surface area contributed by atoms with Crippen molar-refractivity contribution in [3.8, 4) is 0 Å². The Labute approximate surface area is 147 Å². The van der Waals surface area contributed by atoms with E-state index in [1.165, 1.54) is 4.88 Å². The lowest BCUT2D eigenvalue weighted by molar-refractivity contribution is 0.437. The molecule has 0 bridgehead atoms. The van der Waals surface area contributed by atoms with Gasteiger partial charge < -0.3 is 11.1 Å². The highest BCUT2D eigenvalue weighted by molar-refractivity contribution is 7.10. The van der Waals surface area contributed by atoms with E-state index in [4.69, 9.17) is 28.9 Å². The first-order valence-electron chi connectivity index (χ1n) is 7.08. The first kappa shape index (κ1) is 14.8. The van der Waals surface area contributed by atoms with Crippen molar-refractivity contribution in [3.05, 3.63) is 56.2 Å². The van der Waals surface area contributed by atoms with Gasteiger partial charge in [-0.05, 0) is 35.6 Å². The lowest BCUT2D eigenvalue weighted by atomic mass is 9.97. The Bertz CT molecular complexity index is 846. The minimum absolute atomic E-state index is 0.0629. The minimum atomic E-state index is 0.0629. The van der Waals surface area contributed by atoms with Crippen LogP contribution in [0.15, 0.2) is 35.7 Å². The average Bonchev–Trinajstić information content (AvgIpc) is 3.17. The Kier molecular flexibility index (Phi) is 3.67. The van der Waals surface area contributed by atoms with Gasteiger partial charge in [0.2, 0.25) is 11.9 Å². The molecule has 3 aromatic rings. The second kappa shape index (κ2) is 5.70. The molecule has 0 aliphatic carbocycles. The second-order valence-electron chi connectivity index (χ2n) is 5.38. The van der Waals surface area contributed by atoms with Crippen LogP contribution in [-0.4, -0.2) is 14.8 Å². The van der Waals surface area contributed by atoms with Crippen molar-refractivity contribution in [1.29, 1.82) is 0 Å². The van der Waals surface area contributed by atoms with Gasteiger partial charge in [-0.3, -0.25) is 0 Å². The van der Waals surface area contributed by atoms with Gasteiger partial charge in [-0.1, -0.05) is 35.3 Å². The highest BCUT2D eigenvalue weighted by Crippen LogP contribution is 2.40. The standard InChI is InChI=1S/C15H13Cl2N5S/c16-9-4-3-8(6-10(9)17)11-7-12(13-2-1-5-23-13)22-15(19-11)20-14(18)21-22/h1-6,11-12H,7H2,(H3,18,19,20,21). The van der Waals surface area contributed by atoms with E-state index in [0.717, 1.165) is 12.0 Å². The van der Waals surface area contributed by atoms with Gasteiger partial charge in [0, 0.05) is 4.88 Å². The molecule has 0 spiro atoms. The molecule has 0 amide bonds. The fourth-order valence-corrected chi connectivity index (χ4v) is 3.99. The molecule has 5 nitrogen and oxygen atoms in total. The van der Waals surface area contributed by atoms with Crippen molar-refractivity contribution in [2.24, 2.45) is 0 Å². The molecule has 2 unspecified atom stereocenters. The number of thiophene rings is 1. The summed E-state index contributed by atoms with van der Waals surface area (Å²) in [7, 11) is 0.